The number of hydrogen-bond acceptors (Lipinski definition) is 3. The van der Waals surface area contributed by atoms with Crippen LogP contribution in [0, 0.1) is 0 Å². The third-order valence-corrected chi connectivity index (χ3v) is 2.05. The first-order valence-electron chi connectivity index (χ1n) is 4.89. The Morgan fingerprint density at radius 1 is 1.64 bits per heavy atom. The molecular formula is C11H16N2O. The highest BCUT2D eigenvalue weighted by Gasteiger charge is 2.05. The van der Waals surface area contributed by atoms with Gasteiger partial charge in [0.2, 0.25) is 0 Å². The average molecular weight is 192 g/mol. The molecule has 0 radical (unpaired) electrons. The van der Waals surface area contributed by atoms with E-state index in [1.54, 1.807) is 24.5 Å². The normalized spacial score (nSPS) is 12.4. The number of hydrogen-bond donors (Lipinski definition) is 1. The van der Waals surface area contributed by atoms with E-state index >= 15 is 0 Å². The molecule has 3 heteroatoms. The summed E-state index contributed by atoms with van der Waals surface area (Å²) < 4.78 is 0. The lowest BCUT2D eigenvalue weighted by atomic mass is 10.1. The van der Waals surface area contributed by atoms with Crippen molar-refractivity contribution in [1.82, 2.24) is 4.98 Å². The molecule has 0 amide bonds. The van der Waals surface area contributed by atoms with Gasteiger partial charge in [-0.25, -0.2) is 0 Å². The summed E-state index contributed by atoms with van der Waals surface area (Å²) >= 11 is 0. The third-order valence-electron chi connectivity index (χ3n) is 2.05. The van der Waals surface area contributed by atoms with Gasteiger partial charge in [0.1, 0.15) is 0 Å². The second-order valence-electron chi connectivity index (χ2n) is 3.53. The highest BCUT2D eigenvalue weighted by Crippen LogP contribution is 2.06. The number of carbonyl (C=O) groups excluding carboxylic acids is 1. The van der Waals surface area contributed by atoms with Crippen molar-refractivity contribution in [2.45, 2.75) is 32.2 Å². The Bertz CT molecular complexity index is 283. The number of carbonyl (C=O) groups is 1. The van der Waals surface area contributed by atoms with Gasteiger partial charge in [-0.3, -0.25) is 9.78 Å². The highest BCUT2D eigenvalue weighted by molar-refractivity contribution is 5.95. The van der Waals surface area contributed by atoms with Gasteiger partial charge in [-0.1, -0.05) is 0 Å². The van der Waals surface area contributed by atoms with Gasteiger partial charge in [-0.15, -0.1) is 0 Å². The molecule has 0 saturated heterocycles. The summed E-state index contributed by atoms with van der Waals surface area (Å²) in [6.45, 7) is 1.95. The van der Waals surface area contributed by atoms with Crippen molar-refractivity contribution in [3.63, 3.8) is 0 Å². The number of pyridine rings is 1. The van der Waals surface area contributed by atoms with Crippen molar-refractivity contribution in [1.29, 1.82) is 0 Å². The van der Waals surface area contributed by atoms with Gasteiger partial charge in [-0.2, -0.15) is 0 Å². The molecular weight excluding hydrogens is 176 g/mol. The molecule has 0 saturated carbocycles. The molecule has 0 aliphatic carbocycles. The van der Waals surface area contributed by atoms with Gasteiger partial charge < -0.3 is 5.73 Å². The fraction of sp³-hybridized carbons (Fsp3) is 0.455. The van der Waals surface area contributed by atoms with E-state index < -0.39 is 0 Å². The Morgan fingerprint density at radius 3 is 3.00 bits per heavy atom. The molecule has 0 fully saturated rings. The molecule has 1 aromatic rings. The standard InChI is InChI=1S/C11H16N2O/c1-9(12)4-2-6-11(14)10-5-3-7-13-8-10/h3,5,7-9H,2,4,6,12H2,1H3. The Hall–Kier alpha value is -1.22. The predicted octanol–water partition coefficient (Wildman–Crippen LogP) is 1.78. The summed E-state index contributed by atoms with van der Waals surface area (Å²) in [6.07, 6.45) is 5.58. The molecule has 1 rings (SSSR count). The van der Waals surface area contributed by atoms with Crippen LogP contribution >= 0.6 is 0 Å². The number of nitrogens with zero attached hydrogens (tertiary/aromatic N) is 1. The molecule has 0 spiro atoms. The molecule has 0 aliphatic rings. The van der Waals surface area contributed by atoms with Crippen LogP contribution in [0.2, 0.25) is 0 Å². The van der Waals surface area contributed by atoms with Crippen LogP contribution in [0.5, 0.6) is 0 Å². The van der Waals surface area contributed by atoms with Gasteiger partial charge in [0, 0.05) is 30.4 Å². The fourth-order valence-corrected chi connectivity index (χ4v) is 1.26. The minimum atomic E-state index is 0.152. The topological polar surface area (TPSA) is 56.0 Å². The third kappa shape index (κ3) is 3.66. The average Bonchev–Trinajstić information content (AvgIpc) is 2.18. The summed E-state index contributed by atoms with van der Waals surface area (Å²) in [7, 11) is 0. The second-order valence-corrected chi connectivity index (χ2v) is 3.53. The first-order chi connectivity index (χ1) is 6.70. The molecule has 1 atom stereocenters. The van der Waals surface area contributed by atoms with E-state index in [0.717, 1.165) is 12.8 Å². The van der Waals surface area contributed by atoms with Crippen LogP contribution in [0.1, 0.15) is 36.5 Å². The van der Waals surface area contributed by atoms with Gasteiger partial charge in [0.25, 0.3) is 0 Å². The Balaban J connectivity index is 2.36. The minimum absolute atomic E-state index is 0.152. The van der Waals surface area contributed by atoms with Crippen LogP contribution in [0.15, 0.2) is 24.5 Å². The predicted molar refractivity (Wildman–Crippen MR) is 56.1 cm³/mol. The molecule has 1 unspecified atom stereocenters. The minimum Gasteiger partial charge on any atom is -0.328 e. The molecule has 0 bridgehead atoms. The zero-order valence-corrected chi connectivity index (χ0v) is 8.44. The first kappa shape index (κ1) is 10.9. The van der Waals surface area contributed by atoms with Crippen LogP contribution in [0.25, 0.3) is 0 Å². The monoisotopic (exact) mass is 192 g/mol. The largest absolute Gasteiger partial charge is 0.328 e. The molecule has 14 heavy (non-hydrogen) atoms. The van der Waals surface area contributed by atoms with Crippen LogP contribution < -0.4 is 5.73 Å². The van der Waals surface area contributed by atoms with E-state index in [0.29, 0.717) is 12.0 Å². The highest BCUT2D eigenvalue weighted by atomic mass is 16.1. The Labute approximate surface area is 84.3 Å². The van der Waals surface area contributed by atoms with Crippen molar-refractivity contribution in [3.8, 4) is 0 Å². The number of ketones is 1. The number of aromatic nitrogens is 1. The van der Waals surface area contributed by atoms with E-state index in [1.807, 2.05) is 6.92 Å². The van der Waals surface area contributed by atoms with Gasteiger partial charge >= 0.3 is 0 Å². The summed E-state index contributed by atoms with van der Waals surface area (Å²) in [5.74, 6) is 0.152. The number of Topliss-reactive ketones (excluding diaryl/α,β-unsaturated/α-hetero) is 1. The van der Waals surface area contributed by atoms with E-state index in [4.69, 9.17) is 5.73 Å². The first-order valence-corrected chi connectivity index (χ1v) is 4.89. The summed E-state index contributed by atoms with van der Waals surface area (Å²) in [6, 6.07) is 3.75. The van der Waals surface area contributed by atoms with Crippen molar-refractivity contribution in [2.75, 3.05) is 0 Å². The summed E-state index contributed by atoms with van der Waals surface area (Å²) in [4.78, 5) is 15.4. The van der Waals surface area contributed by atoms with Crippen LogP contribution in [-0.2, 0) is 0 Å². The van der Waals surface area contributed by atoms with Crippen molar-refractivity contribution < 1.29 is 4.79 Å². The van der Waals surface area contributed by atoms with E-state index in [9.17, 15) is 4.79 Å². The van der Waals surface area contributed by atoms with Crippen LogP contribution in [0.4, 0.5) is 0 Å². The van der Waals surface area contributed by atoms with Crippen LogP contribution in [0.3, 0.4) is 0 Å². The molecule has 1 aromatic heterocycles. The molecule has 1 heterocycles. The summed E-state index contributed by atoms with van der Waals surface area (Å²) in [5.41, 5.74) is 6.29. The van der Waals surface area contributed by atoms with Crippen molar-refractivity contribution in [3.05, 3.63) is 30.1 Å². The lowest BCUT2D eigenvalue weighted by Gasteiger charge is -2.03. The smallest absolute Gasteiger partial charge is 0.164 e. The SMILES string of the molecule is CC(N)CCCC(=O)c1cccnc1. The van der Waals surface area contributed by atoms with E-state index in [2.05, 4.69) is 4.98 Å². The summed E-state index contributed by atoms with van der Waals surface area (Å²) in [5, 5.41) is 0. The van der Waals surface area contributed by atoms with Crippen LogP contribution in [-0.4, -0.2) is 16.8 Å². The van der Waals surface area contributed by atoms with Gasteiger partial charge in [0.05, 0.1) is 0 Å². The maximum Gasteiger partial charge on any atom is 0.164 e. The van der Waals surface area contributed by atoms with Gasteiger partial charge in [0.15, 0.2) is 5.78 Å². The van der Waals surface area contributed by atoms with Crippen molar-refractivity contribution >= 4 is 5.78 Å². The lowest BCUT2D eigenvalue weighted by Crippen LogP contribution is -2.14. The van der Waals surface area contributed by atoms with Crippen molar-refractivity contribution in [2.24, 2.45) is 5.73 Å². The molecule has 0 aromatic carbocycles. The number of nitrogens with two attached hydrogens (primary N) is 1. The van der Waals surface area contributed by atoms with E-state index in [-0.39, 0.29) is 11.8 Å². The fourth-order valence-electron chi connectivity index (χ4n) is 1.26. The maximum absolute atomic E-state index is 11.5. The molecule has 0 aliphatic heterocycles. The quantitative estimate of drug-likeness (QED) is 0.723. The second kappa shape index (κ2) is 5.50. The maximum atomic E-state index is 11.5. The number of rotatable bonds is 5. The lowest BCUT2D eigenvalue weighted by molar-refractivity contribution is 0.0978. The Kier molecular flexibility index (Phi) is 4.26. The van der Waals surface area contributed by atoms with Gasteiger partial charge in [-0.05, 0) is 31.9 Å². The zero-order chi connectivity index (χ0) is 10.4. The molecule has 76 valence electrons. The molecule has 3 nitrogen and oxygen atoms in total. The zero-order valence-electron chi connectivity index (χ0n) is 8.44. The Morgan fingerprint density at radius 2 is 2.43 bits per heavy atom. The van der Waals surface area contributed by atoms with E-state index in [1.165, 1.54) is 0 Å². The molecule has 2 N–H and O–H groups in total.